The molecular weight excluding hydrogens is 368 g/mol. The number of carbonyl (C=O) groups excluding carboxylic acids is 1. The van der Waals surface area contributed by atoms with E-state index >= 15 is 0 Å². The third-order valence-electron chi connectivity index (χ3n) is 6.00. The highest BCUT2D eigenvalue weighted by molar-refractivity contribution is 7.14. The number of thiophene rings is 1. The van der Waals surface area contributed by atoms with Crippen LogP contribution in [0, 0.1) is 18.8 Å². The van der Waals surface area contributed by atoms with Crippen LogP contribution in [0.25, 0.3) is 0 Å². The summed E-state index contributed by atoms with van der Waals surface area (Å²) in [4.78, 5) is 26.4. The maximum Gasteiger partial charge on any atom is 0.261 e. The summed E-state index contributed by atoms with van der Waals surface area (Å²) in [6, 6.07) is 4.08. The first kappa shape index (κ1) is 19.4. The Morgan fingerprint density at radius 2 is 2.07 bits per heavy atom. The molecule has 0 radical (unpaired) electrons. The van der Waals surface area contributed by atoms with Crippen LogP contribution < -0.4 is 10.2 Å². The van der Waals surface area contributed by atoms with Crippen molar-refractivity contribution in [3.8, 4) is 0 Å². The summed E-state index contributed by atoms with van der Waals surface area (Å²) >= 11 is 1.67. The molecule has 2 aromatic heterocycles. The highest BCUT2D eigenvalue weighted by atomic mass is 32.1. The molecule has 1 amide bonds. The van der Waals surface area contributed by atoms with Crippen molar-refractivity contribution in [2.45, 2.75) is 59.4 Å². The van der Waals surface area contributed by atoms with E-state index in [1.807, 2.05) is 13.0 Å². The summed E-state index contributed by atoms with van der Waals surface area (Å²) in [5.41, 5.74) is 3.21. The van der Waals surface area contributed by atoms with Gasteiger partial charge in [0.2, 0.25) is 5.95 Å². The molecule has 1 aliphatic carbocycles. The summed E-state index contributed by atoms with van der Waals surface area (Å²) in [5, 5.41) is 3.07. The molecule has 1 fully saturated rings. The van der Waals surface area contributed by atoms with Crippen LogP contribution in [0.2, 0.25) is 0 Å². The quantitative estimate of drug-likeness (QED) is 0.822. The minimum Gasteiger partial charge on any atom is -0.346 e. The van der Waals surface area contributed by atoms with Crippen LogP contribution in [0.1, 0.15) is 64.6 Å². The maximum absolute atomic E-state index is 12.7. The molecule has 5 nitrogen and oxygen atoms in total. The summed E-state index contributed by atoms with van der Waals surface area (Å²) in [7, 11) is 0. The molecule has 150 valence electrons. The average Bonchev–Trinajstić information content (AvgIpc) is 3.34. The largest absolute Gasteiger partial charge is 0.346 e. The lowest BCUT2D eigenvalue weighted by molar-refractivity contribution is 0.0954. The molecule has 1 N–H and O–H groups in total. The van der Waals surface area contributed by atoms with Crippen molar-refractivity contribution in [2.24, 2.45) is 11.8 Å². The summed E-state index contributed by atoms with van der Waals surface area (Å²) in [6.07, 6.45) is 5.86. The lowest BCUT2D eigenvalue weighted by Gasteiger charge is -2.25. The Balaban J connectivity index is 1.41. The Kier molecular flexibility index (Phi) is 5.67. The van der Waals surface area contributed by atoms with Gasteiger partial charge < -0.3 is 10.2 Å². The summed E-state index contributed by atoms with van der Waals surface area (Å²) < 4.78 is 0. The van der Waals surface area contributed by atoms with Gasteiger partial charge in [-0.2, -0.15) is 0 Å². The van der Waals surface area contributed by atoms with Crippen LogP contribution in [0.4, 0.5) is 5.95 Å². The summed E-state index contributed by atoms with van der Waals surface area (Å²) in [5.74, 6) is 2.26. The van der Waals surface area contributed by atoms with Crippen LogP contribution >= 0.6 is 11.3 Å². The zero-order valence-corrected chi connectivity index (χ0v) is 17.9. The van der Waals surface area contributed by atoms with Gasteiger partial charge in [-0.25, -0.2) is 9.97 Å². The molecule has 6 heteroatoms. The first-order valence-corrected chi connectivity index (χ1v) is 11.3. The van der Waals surface area contributed by atoms with E-state index in [1.165, 1.54) is 29.7 Å². The van der Waals surface area contributed by atoms with Crippen LogP contribution in [0.3, 0.4) is 0 Å². The SMILES string of the molecule is Cc1cc(CNC(=O)c2cc3c(s2)CCC(C(C)C)C3)nc(N2CCCC2)n1. The van der Waals surface area contributed by atoms with Crippen molar-refractivity contribution >= 4 is 23.2 Å². The highest BCUT2D eigenvalue weighted by Crippen LogP contribution is 2.35. The molecule has 0 saturated carbocycles. The molecule has 28 heavy (non-hydrogen) atoms. The fourth-order valence-electron chi connectivity index (χ4n) is 4.26. The smallest absolute Gasteiger partial charge is 0.261 e. The lowest BCUT2D eigenvalue weighted by atomic mass is 9.81. The maximum atomic E-state index is 12.7. The molecule has 1 aliphatic heterocycles. The molecule has 0 bridgehead atoms. The number of hydrogen-bond acceptors (Lipinski definition) is 5. The second kappa shape index (κ2) is 8.19. The van der Waals surface area contributed by atoms with Gasteiger partial charge in [0, 0.05) is 23.7 Å². The van der Waals surface area contributed by atoms with E-state index in [9.17, 15) is 4.79 Å². The molecule has 2 aromatic rings. The molecule has 1 unspecified atom stereocenters. The fourth-order valence-corrected chi connectivity index (χ4v) is 5.38. The van der Waals surface area contributed by atoms with E-state index in [2.05, 4.69) is 40.1 Å². The van der Waals surface area contributed by atoms with Gasteiger partial charge in [0.15, 0.2) is 0 Å². The van der Waals surface area contributed by atoms with Crippen LogP contribution in [-0.2, 0) is 19.4 Å². The number of aryl methyl sites for hydroxylation is 2. The Morgan fingerprint density at radius 3 is 2.82 bits per heavy atom. The molecule has 3 heterocycles. The third kappa shape index (κ3) is 4.22. The van der Waals surface area contributed by atoms with E-state index in [-0.39, 0.29) is 5.91 Å². The first-order valence-electron chi connectivity index (χ1n) is 10.5. The normalized spacial score (nSPS) is 19.1. The second-order valence-electron chi connectivity index (χ2n) is 8.48. The number of anilines is 1. The van der Waals surface area contributed by atoms with E-state index in [0.717, 1.165) is 54.1 Å². The number of hydrogen-bond donors (Lipinski definition) is 1. The molecule has 1 saturated heterocycles. The summed E-state index contributed by atoms with van der Waals surface area (Å²) in [6.45, 7) is 9.08. The molecule has 2 aliphatic rings. The van der Waals surface area contributed by atoms with Gasteiger partial charge in [-0.1, -0.05) is 13.8 Å². The molecule has 4 rings (SSSR count). The van der Waals surface area contributed by atoms with Gasteiger partial charge in [0.1, 0.15) is 0 Å². The monoisotopic (exact) mass is 398 g/mol. The number of aromatic nitrogens is 2. The predicted octanol–water partition coefficient (Wildman–Crippen LogP) is 4.14. The van der Waals surface area contributed by atoms with Gasteiger partial charge in [0.25, 0.3) is 5.91 Å². The van der Waals surface area contributed by atoms with Crippen molar-refractivity contribution in [1.29, 1.82) is 0 Å². The zero-order valence-electron chi connectivity index (χ0n) is 17.1. The first-order chi connectivity index (χ1) is 13.5. The van der Waals surface area contributed by atoms with E-state index < -0.39 is 0 Å². The Morgan fingerprint density at radius 1 is 1.29 bits per heavy atom. The third-order valence-corrected chi connectivity index (χ3v) is 7.24. The number of nitrogens with one attached hydrogen (secondary N) is 1. The van der Waals surface area contributed by atoms with Gasteiger partial charge in [-0.05, 0) is 68.6 Å². The Labute approximate surface area is 171 Å². The Bertz CT molecular complexity index is 854. The van der Waals surface area contributed by atoms with E-state index in [0.29, 0.717) is 12.5 Å². The van der Waals surface area contributed by atoms with Crippen molar-refractivity contribution in [3.63, 3.8) is 0 Å². The molecule has 1 atom stereocenters. The van der Waals surface area contributed by atoms with E-state index in [4.69, 9.17) is 0 Å². The molecular formula is C22H30N4OS. The number of carbonyl (C=O) groups is 1. The molecule has 0 spiro atoms. The van der Waals surface area contributed by atoms with E-state index in [1.54, 1.807) is 11.3 Å². The average molecular weight is 399 g/mol. The van der Waals surface area contributed by atoms with Gasteiger partial charge in [-0.15, -0.1) is 11.3 Å². The van der Waals surface area contributed by atoms with Crippen LogP contribution in [-0.4, -0.2) is 29.0 Å². The number of rotatable bonds is 5. The zero-order chi connectivity index (χ0) is 19.7. The number of nitrogens with zero attached hydrogens (tertiary/aromatic N) is 3. The van der Waals surface area contributed by atoms with Gasteiger partial charge >= 0.3 is 0 Å². The lowest BCUT2D eigenvalue weighted by Crippen LogP contribution is -2.25. The van der Waals surface area contributed by atoms with Gasteiger partial charge in [0.05, 0.1) is 17.1 Å². The van der Waals surface area contributed by atoms with Crippen molar-refractivity contribution in [2.75, 3.05) is 18.0 Å². The number of amides is 1. The minimum absolute atomic E-state index is 0.0134. The van der Waals surface area contributed by atoms with Crippen LogP contribution in [0.15, 0.2) is 12.1 Å². The predicted molar refractivity (Wildman–Crippen MR) is 114 cm³/mol. The van der Waals surface area contributed by atoms with Crippen molar-refractivity contribution < 1.29 is 4.79 Å². The van der Waals surface area contributed by atoms with Crippen molar-refractivity contribution in [3.05, 3.63) is 38.8 Å². The second-order valence-corrected chi connectivity index (χ2v) is 9.62. The highest BCUT2D eigenvalue weighted by Gasteiger charge is 2.24. The minimum atomic E-state index is 0.0134. The van der Waals surface area contributed by atoms with Crippen molar-refractivity contribution in [1.82, 2.24) is 15.3 Å². The topological polar surface area (TPSA) is 58.1 Å². The molecule has 0 aromatic carbocycles. The number of fused-ring (bicyclic) bond motifs is 1. The standard InChI is InChI=1S/C22H30N4OS/c1-14(2)16-6-7-19-17(11-16)12-20(28-19)21(27)23-13-18-10-15(3)24-22(25-18)26-8-4-5-9-26/h10,12,14,16H,4-9,11,13H2,1-3H3,(H,23,27). The fraction of sp³-hybridized carbons (Fsp3) is 0.591. The van der Waals surface area contributed by atoms with Crippen LogP contribution in [0.5, 0.6) is 0 Å². The van der Waals surface area contributed by atoms with Gasteiger partial charge in [-0.3, -0.25) is 4.79 Å². The Hall–Kier alpha value is -1.95.